The highest BCUT2D eigenvalue weighted by atomic mass is 16.5. The Kier molecular flexibility index (Phi) is 9.45. The Hall–Kier alpha value is -3.28. The summed E-state index contributed by atoms with van der Waals surface area (Å²) in [6, 6.07) is 15.2. The number of methoxy groups -OCH3 is 1. The van der Waals surface area contributed by atoms with Crippen LogP contribution in [0.4, 0.5) is 0 Å². The van der Waals surface area contributed by atoms with Gasteiger partial charge in [-0.1, -0.05) is 50.2 Å². The molecule has 2 amide bonds. The SMILES string of the molecule is COc1cc(/C=C/C(=O)NCCC(=O)NCc2ccccc2)ccc1OCC(C)C. The van der Waals surface area contributed by atoms with Crippen molar-refractivity contribution in [3.8, 4) is 11.5 Å². The molecule has 0 aliphatic carbocycles. The Bertz CT molecular complexity index is 848. The van der Waals surface area contributed by atoms with Gasteiger partial charge in [-0.25, -0.2) is 0 Å². The Labute approximate surface area is 178 Å². The van der Waals surface area contributed by atoms with E-state index in [0.29, 0.717) is 30.6 Å². The molecule has 2 aromatic carbocycles. The fourth-order valence-electron chi connectivity index (χ4n) is 2.58. The third-order valence-electron chi connectivity index (χ3n) is 4.17. The molecule has 2 rings (SSSR count). The van der Waals surface area contributed by atoms with Crippen molar-refractivity contribution in [3.63, 3.8) is 0 Å². The van der Waals surface area contributed by atoms with Crippen molar-refractivity contribution in [2.45, 2.75) is 26.8 Å². The zero-order valence-corrected chi connectivity index (χ0v) is 17.8. The normalized spacial score (nSPS) is 10.8. The lowest BCUT2D eigenvalue weighted by Crippen LogP contribution is -2.29. The third kappa shape index (κ3) is 8.39. The predicted octanol–water partition coefficient (Wildman–Crippen LogP) is 3.57. The maximum Gasteiger partial charge on any atom is 0.244 e. The van der Waals surface area contributed by atoms with Crippen LogP contribution < -0.4 is 20.1 Å². The highest BCUT2D eigenvalue weighted by molar-refractivity contribution is 5.92. The maximum atomic E-state index is 12.0. The van der Waals surface area contributed by atoms with E-state index in [-0.39, 0.29) is 24.8 Å². The van der Waals surface area contributed by atoms with E-state index in [0.717, 1.165) is 11.1 Å². The molecule has 0 atom stereocenters. The van der Waals surface area contributed by atoms with E-state index in [1.54, 1.807) is 13.2 Å². The number of nitrogens with one attached hydrogen (secondary N) is 2. The van der Waals surface area contributed by atoms with Crippen LogP contribution in [0.25, 0.3) is 6.08 Å². The molecule has 0 aromatic heterocycles. The lowest BCUT2D eigenvalue weighted by Gasteiger charge is -2.12. The number of hydrogen-bond donors (Lipinski definition) is 2. The lowest BCUT2D eigenvalue weighted by molar-refractivity contribution is -0.121. The average Bonchev–Trinajstić information content (AvgIpc) is 2.75. The van der Waals surface area contributed by atoms with Crippen molar-refractivity contribution in [1.82, 2.24) is 10.6 Å². The highest BCUT2D eigenvalue weighted by Gasteiger charge is 2.06. The average molecular weight is 411 g/mol. The number of amides is 2. The summed E-state index contributed by atoms with van der Waals surface area (Å²) in [5.41, 5.74) is 1.85. The van der Waals surface area contributed by atoms with Gasteiger partial charge in [0.15, 0.2) is 11.5 Å². The molecule has 160 valence electrons. The summed E-state index contributed by atoms with van der Waals surface area (Å²) in [7, 11) is 1.58. The largest absolute Gasteiger partial charge is 0.493 e. The van der Waals surface area contributed by atoms with E-state index in [4.69, 9.17) is 9.47 Å². The monoisotopic (exact) mass is 410 g/mol. The summed E-state index contributed by atoms with van der Waals surface area (Å²) in [6.45, 7) is 5.51. The minimum Gasteiger partial charge on any atom is -0.493 e. The fourth-order valence-corrected chi connectivity index (χ4v) is 2.58. The van der Waals surface area contributed by atoms with Gasteiger partial charge >= 0.3 is 0 Å². The Morgan fingerprint density at radius 1 is 1.03 bits per heavy atom. The molecule has 0 unspecified atom stereocenters. The summed E-state index contributed by atoms with van der Waals surface area (Å²) in [4.78, 5) is 23.9. The molecule has 0 radical (unpaired) electrons. The molecule has 6 nitrogen and oxygen atoms in total. The molecule has 0 aliphatic heterocycles. The van der Waals surface area contributed by atoms with E-state index in [1.807, 2.05) is 48.5 Å². The molecule has 0 heterocycles. The first-order valence-electron chi connectivity index (χ1n) is 10.0. The van der Waals surface area contributed by atoms with Gasteiger partial charge in [0.2, 0.25) is 11.8 Å². The Morgan fingerprint density at radius 3 is 2.50 bits per heavy atom. The molecular weight excluding hydrogens is 380 g/mol. The summed E-state index contributed by atoms with van der Waals surface area (Å²) >= 11 is 0. The van der Waals surface area contributed by atoms with Gasteiger partial charge in [-0.3, -0.25) is 9.59 Å². The Balaban J connectivity index is 1.75. The molecule has 0 saturated heterocycles. The summed E-state index contributed by atoms with van der Waals surface area (Å²) in [6.07, 6.45) is 3.35. The number of carbonyl (C=O) groups excluding carboxylic acids is 2. The van der Waals surface area contributed by atoms with E-state index in [9.17, 15) is 9.59 Å². The molecule has 2 N–H and O–H groups in total. The Morgan fingerprint density at radius 2 is 1.80 bits per heavy atom. The second-order valence-corrected chi connectivity index (χ2v) is 7.25. The van der Waals surface area contributed by atoms with Gasteiger partial charge in [0.05, 0.1) is 13.7 Å². The zero-order chi connectivity index (χ0) is 21.8. The van der Waals surface area contributed by atoms with Crippen LogP contribution in [0.15, 0.2) is 54.6 Å². The van der Waals surface area contributed by atoms with Gasteiger partial charge in [0, 0.05) is 25.6 Å². The topological polar surface area (TPSA) is 76.7 Å². The van der Waals surface area contributed by atoms with Gasteiger partial charge in [0.25, 0.3) is 0 Å². The zero-order valence-electron chi connectivity index (χ0n) is 17.8. The number of benzene rings is 2. The van der Waals surface area contributed by atoms with Crippen molar-refractivity contribution in [2.24, 2.45) is 5.92 Å². The van der Waals surface area contributed by atoms with Gasteiger partial charge in [-0.2, -0.15) is 0 Å². The second-order valence-electron chi connectivity index (χ2n) is 7.25. The van der Waals surface area contributed by atoms with E-state index in [1.165, 1.54) is 6.08 Å². The van der Waals surface area contributed by atoms with Crippen LogP contribution in [0.2, 0.25) is 0 Å². The standard InChI is InChI=1S/C24H30N2O4/c1-18(2)17-30-21-11-9-19(15-22(21)29-3)10-12-23(27)25-14-13-24(28)26-16-20-7-5-4-6-8-20/h4-12,15,18H,13-14,16-17H2,1-3H3,(H,25,27)(H,26,28)/b12-10+. The van der Waals surface area contributed by atoms with Gasteiger partial charge < -0.3 is 20.1 Å². The van der Waals surface area contributed by atoms with Crippen LogP contribution in [-0.2, 0) is 16.1 Å². The van der Waals surface area contributed by atoms with Crippen molar-refractivity contribution >= 4 is 17.9 Å². The summed E-state index contributed by atoms with van der Waals surface area (Å²) < 4.78 is 11.1. The fraction of sp³-hybridized carbons (Fsp3) is 0.333. The molecule has 0 bridgehead atoms. The predicted molar refractivity (Wildman–Crippen MR) is 118 cm³/mol. The molecule has 0 spiro atoms. The van der Waals surface area contributed by atoms with E-state index < -0.39 is 0 Å². The van der Waals surface area contributed by atoms with Crippen LogP contribution in [-0.4, -0.2) is 32.1 Å². The first kappa shape index (κ1) is 23.0. The van der Waals surface area contributed by atoms with Gasteiger partial charge in [-0.05, 0) is 35.3 Å². The minimum absolute atomic E-state index is 0.107. The molecular formula is C24H30N2O4. The number of hydrogen-bond acceptors (Lipinski definition) is 4. The van der Waals surface area contributed by atoms with Crippen molar-refractivity contribution < 1.29 is 19.1 Å². The third-order valence-corrected chi connectivity index (χ3v) is 4.17. The van der Waals surface area contributed by atoms with Crippen molar-refractivity contribution in [1.29, 1.82) is 0 Å². The van der Waals surface area contributed by atoms with Crippen LogP contribution in [0, 0.1) is 5.92 Å². The van der Waals surface area contributed by atoms with E-state index in [2.05, 4.69) is 24.5 Å². The summed E-state index contributed by atoms with van der Waals surface area (Å²) in [5, 5.41) is 5.54. The minimum atomic E-state index is -0.259. The van der Waals surface area contributed by atoms with Crippen LogP contribution in [0.1, 0.15) is 31.4 Å². The quantitative estimate of drug-likeness (QED) is 0.555. The highest BCUT2D eigenvalue weighted by Crippen LogP contribution is 2.28. The first-order chi connectivity index (χ1) is 14.5. The molecule has 30 heavy (non-hydrogen) atoms. The van der Waals surface area contributed by atoms with Crippen LogP contribution in [0.5, 0.6) is 11.5 Å². The van der Waals surface area contributed by atoms with Crippen LogP contribution >= 0.6 is 0 Å². The van der Waals surface area contributed by atoms with Gasteiger partial charge in [-0.15, -0.1) is 0 Å². The van der Waals surface area contributed by atoms with E-state index >= 15 is 0 Å². The maximum absolute atomic E-state index is 12.0. The number of carbonyl (C=O) groups is 2. The summed E-state index contributed by atoms with van der Waals surface area (Å²) in [5.74, 6) is 1.34. The van der Waals surface area contributed by atoms with Gasteiger partial charge in [0.1, 0.15) is 0 Å². The lowest BCUT2D eigenvalue weighted by atomic mass is 10.2. The number of ether oxygens (including phenoxy) is 2. The molecule has 0 fully saturated rings. The molecule has 2 aromatic rings. The number of rotatable bonds is 11. The second kappa shape index (κ2) is 12.3. The molecule has 0 aliphatic rings. The first-order valence-corrected chi connectivity index (χ1v) is 10.0. The van der Waals surface area contributed by atoms with Crippen molar-refractivity contribution in [2.75, 3.05) is 20.3 Å². The molecule has 0 saturated carbocycles. The van der Waals surface area contributed by atoms with Crippen LogP contribution in [0.3, 0.4) is 0 Å². The smallest absolute Gasteiger partial charge is 0.244 e. The molecule has 6 heteroatoms. The van der Waals surface area contributed by atoms with Crippen molar-refractivity contribution in [3.05, 3.63) is 65.7 Å².